The first-order valence-corrected chi connectivity index (χ1v) is 8.95. The third kappa shape index (κ3) is 2.93. The van der Waals surface area contributed by atoms with Crippen molar-refractivity contribution >= 4 is 27.5 Å². The number of rotatable bonds is 3. The molecule has 1 N–H and O–H groups in total. The summed E-state index contributed by atoms with van der Waals surface area (Å²) in [5, 5.41) is 15.3. The molecule has 0 spiro atoms. The number of benzene rings is 2. The molecule has 1 aliphatic rings. The fourth-order valence-electron chi connectivity index (χ4n) is 3.69. The second-order valence-electron chi connectivity index (χ2n) is 6.91. The van der Waals surface area contributed by atoms with Crippen LogP contribution in [0.2, 0.25) is 0 Å². The number of methoxy groups -OCH3 is 1. The lowest BCUT2D eigenvalue weighted by Gasteiger charge is -2.31. The van der Waals surface area contributed by atoms with Gasteiger partial charge in [0.05, 0.1) is 29.4 Å². The summed E-state index contributed by atoms with van der Waals surface area (Å²) in [7, 11) is 3.77. The van der Waals surface area contributed by atoms with Gasteiger partial charge in [0, 0.05) is 16.8 Å². The zero-order valence-electron chi connectivity index (χ0n) is 15.1. The van der Waals surface area contributed by atoms with Crippen molar-refractivity contribution in [1.29, 1.82) is 5.26 Å². The van der Waals surface area contributed by atoms with E-state index in [-0.39, 0.29) is 0 Å². The van der Waals surface area contributed by atoms with Crippen LogP contribution >= 0.6 is 0 Å². The molecule has 5 nitrogen and oxygen atoms in total. The monoisotopic (exact) mass is 346 g/mol. The van der Waals surface area contributed by atoms with Crippen LogP contribution in [0.4, 0.5) is 5.69 Å². The van der Waals surface area contributed by atoms with Gasteiger partial charge in [-0.15, -0.1) is 0 Å². The lowest BCUT2D eigenvalue weighted by molar-refractivity contribution is 0.264. The van der Waals surface area contributed by atoms with Gasteiger partial charge in [0.25, 0.3) is 0 Å². The highest BCUT2D eigenvalue weighted by atomic mass is 16.5. The van der Waals surface area contributed by atoms with E-state index in [1.165, 1.54) is 0 Å². The van der Waals surface area contributed by atoms with E-state index in [2.05, 4.69) is 29.4 Å². The smallest absolute Gasteiger partial charge is 0.137 e. The first-order valence-electron chi connectivity index (χ1n) is 8.95. The number of piperidine rings is 1. The number of pyridine rings is 1. The van der Waals surface area contributed by atoms with E-state index < -0.39 is 0 Å². The first kappa shape index (κ1) is 16.6. The summed E-state index contributed by atoms with van der Waals surface area (Å²) < 4.78 is 5.43. The van der Waals surface area contributed by atoms with Crippen molar-refractivity contribution in [3.63, 3.8) is 0 Å². The van der Waals surface area contributed by atoms with Crippen molar-refractivity contribution in [2.45, 2.75) is 18.9 Å². The van der Waals surface area contributed by atoms with Crippen LogP contribution in [0, 0.1) is 11.3 Å². The van der Waals surface area contributed by atoms with Crippen LogP contribution in [0.15, 0.2) is 36.4 Å². The van der Waals surface area contributed by atoms with Crippen molar-refractivity contribution in [1.82, 2.24) is 9.88 Å². The summed E-state index contributed by atoms with van der Waals surface area (Å²) >= 11 is 0. The number of aromatic nitrogens is 1. The van der Waals surface area contributed by atoms with Gasteiger partial charge >= 0.3 is 0 Å². The molecular formula is C21H22N4O. The van der Waals surface area contributed by atoms with E-state index in [4.69, 9.17) is 9.72 Å². The molecule has 3 aromatic rings. The summed E-state index contributed by atoms with van der Waals surface area (Å²) in [6.07, 6.45) is 2.23. The molecule has 1 saturated heterocycles. The molecule has 132 valence electrons. The first-order chi connectivity index (χ1) is 12.7. The quantitative estimate of drug-likeness (QED) is 0.732. The zero-order chi connectivity index (χ0) is 18.1. The Morgan fingerprint density at radius 2 is 1.92 bits per heavy atom. The number of hydrogen-bond acceptors (Lipinski definition) is 5. The number of nitrogens with one attached hydrogen (secondary N) is 1. The maximum atomic E-state index is 9.40. The number of hydrogen-bond donors (Lipinski definition) is 1. The van der Waals surface area contributed by atoms with E-state index in [1.807, 2.05) is 30.3 Å². The Labute approximate surface area is 153 Å². The average Bonchev–Trinajstić information content (AvgIpc) is 2.68. The summed E-state index contributed by atoms with van der Waals surface area (Å²) in [6, 6.07) is 14.5. The summed E-state index contributed by atoms with van der Waals surface area (Å²) in [4.78, 5) is 7.14. The van der Waals surface area contributed by atoms with Gasteiger partial charge < -0.3 is 15.0 Å². The van der Waals surface area contributed by atoms with Gasteiger partial charge in [0.15, 0.2) is 0 Å². The third-order valence-electron chi connectivity index (χ3n) is 5.19. The van der Waals surface area contributed by atoms with Crippen molar-refractivity contribution < 1.29 is 4.74 Å². The highest BCUT2D eigenvalue weighted by Gasteiger charge is 2.19. The molecule has 4 rings (SSSR count). The summed E-state index contributed by atoms with van der Waals surface area (Å²) in [5.41, 5.74) is 3.34. The Morgan fingerprint density at radius 3 is 2.65 bits per heavy atom. The molecule has 0 saturated carbocycles. The SMILES string of the molecule is COc1cc2c(NC3CCN(C)CC3)c3ccccc3nc2cc1C#N. The Kier molecular flexibility index (Phi) is 4.36. The predicted octanol–water partition coefficient (Wildman–Crippen LogP) is 3.77. The molecule has 26 heavy (non-hydrogen) atoms. The lowest BCUT2D eigenvalue weighted by atomic mass is 10.0. The van der Waals surface area contributed by atoms with Gasteiger partial charge in [-0.3, -0.25) is 0 Å². The third-order valence-corrected chi connectivity index (χ3v) is 5.19. The molecule has 0 bridgehead atoms. The fraction of sp³-hybridized carbons (Fsp3) is 0.333. The maximum absolute atomic E-state index is 9.40. The predicted molar refractivity (Wildman–Crippen MR) is 105 cm³/mol. The van der Waals surface area contributed by atoms with E-state index in [1.54, 1.807) is 7.11 Å². The Balaban J connectivity index is 1.90. The minimum absolute atomic E-state index is 0.432. The number of nitriles is 1. The Morgan fingerprint density at radius 1 is 1.15 bits per heavy atom. The molecule has 0 atom stereocenters. The molecule has 1 fully saturated rings. The van der Waals surface area contributed by atoms with Crippen molar-refractivity contribution in [3.8, 4) is 11.8 Å². The van der Waals surface area contributed by atoms with Crippen LogP contribution in [-0.4, -0.2) is 43.2 Å². The average molecular weight is 346 g/mol. The van der Waals surface area contributed by atoms with Gasteiger partial charge in [-0.25, -0.2) is 4.98 Å². The van der Waals surface area contributed by atoms with Crippen LogP contribution in [0.5, 0.6) is 5.75 Å². The topological polar surface area (TPSA) is 61.2 Å². The zero-order valence-corrected chi connectivity index (χ0v) is 15.1. The molecule has 0 aliphatic carbocycles. The van der Waals surface area contributed by atoms with Crippen LogP contribution in [-0.2, 0) is 0 Å². The van der Waals surface area contributed by atoms with E-state index >= 15 is 0 Å². The largest absolute Gasteiger partial charge is 0.495 e. The number of ether oxygens (including phenoxy) is 1. The van der Waals surface area contributed by atoms with Gasteiger partial charge in [0.2, 0.25) is 0 Å². The molecule has 0 amide bonds. The molecule has 1 aromatic heterocycles. The van der Waals surface area contributed by atoms with Crippen molar-refractivity contribution in [2.75, 3.05) is 32.6 Å². The number of fused-ring (bicyclic) bond motifs is 2. The number of likely N-dealkylation sites (tertiary alicyclic amines) is 1. The molecule has 2 heterocycles. The second-order valence-corrected chi connectivity index (χ2v) is 6.91. The molecular weight excluding hydrogens is 324 g/mol. The lowest BCUT2D eigenvalue weighted by Crippen LogP contribution is -2.36. The number of anilines is 1. The number of para-hydroxylation sites is 1. The standard InChI is InChI=1S/C21H22N4O/c1-25-9-7-15(8-10-25)23-21-16-5-3-4-6-18(16)24-19-11-14(13-22)20(26-2)12-17(19)21/h3-6,11-12,15H,7-10H2,1-2H3,(H,23,24). The fourth-order valence-corrected chi connectivity index (χ4v) is 3.69. The highest BCUT2D eigenvalue weighted by molar-refractivity contribution is 6.08. The minimum atomic E-state index is 0.432. The molecule has 2 aromatic carbocycles. The van der Waals surface area contributed by atoms with Gasteiger partial charge in [-0.1, -0.05) is 18.2 Å². The molecule has 0 unspecified atom stereocenters. The maximum Gasteiger partial charge on any atom is 0.137 e. The minimum Gasteiger partial charge on any atom is -0.495 e. The van der Waals surface area contributed by atoms with Gasteiger partial charge in [-0.2, -0.15) is 5.26 Å². The van der Waals surface area contributed by atoms with E-state index in [0.29, 0.717) is 17.4 Å². The van der Waals surface area contributed by atoms with Gasteiger partial charge in [0.1, 0.15) is 11.8 Å². The second kappa shape index (κ2) is 6.81. The van der Waals surface area contributed by atoms with E-state index in [9.17, 15) is 5.26 Å². The van der Waals surface area contributed by atoms with E-state index in [0.717, 1.165) is 53.4 Å². The number of nitrogens with zero attached hydrogens (tertiary/aromatic N) is 3. The van der Waals surface area contributed by atoms with Crippen LogP contribution < -0.4 is 10.1 Å². The van der Waals surface area contributed by atoms with Crippen LogP contribution in [0.3, 0.4) is 0 Å². The normalized spacial score (nSPS) is 15.9. The molecule has 1 aliphatic heterocycles. The van der Waals surface area contributed by atoms with Crippen LogP contribution in [0.25, 0.3) is 21.8 Å². The van der Waals surface area contributed by atoms with Crippen molar-refractivity contribution in [3.05, 3.63) is 42.0 Å². The summed E-state index contributed by atoms with van der Waals surface area (Å²) in [5.74, 6) is 0.587. The highest BCUT2D eigenvalue weighted by Crippen LogP contribution is 2.35. The van der Waals surface area contributed by atoms with Crippen molar-refractivity contribution in [2.24, 2.45) is 0 Å². The Hall–Kier alpha value is -2.84. The Bertz CT molecular complexity index is 1000. The molecule has 5 heteroatoms. The summed E-state index contributed by atoms with van der Waals surface area (Å²) in [6.45, 7) is 2.20. The molecule has 0 radical (unpaired) electrons. The van der Waals surface area contributed by atoms with Gasteiger partial charge in [-0.05, 0) is 51.2 Å². The van der Waals surface area contributed by atoms with Crippen LogP contribution in [0.1, 0.15) is 18.4 Å².